The molecule has 0 spiro atoms. The van der Waals surface area contributed by atoms with Gasteiger partial charge in [-0.25, -0.2) is 12.8 Å². The van der Waals surface area contributed by atoms with Crippen molar-refractivity contribution in [3.8, 4) is 0 Å². The van der Waals surface area contributed by atoms with Gasteiger partial charge in [-0.15, -0.1) is 0 Å². The molecule has 1 atom stereocenters. The summed E-state index contributed by atoms with van der Waals surface area (Å²) >= 11 is 0. The summed E-state index contributed by atoms with van der Waals surface area (Å²) in [6.45, 7) is 3.58. The first kappa shape index (κ1) is 17.3. The zero-order chi connectivity index (χ0) is 16.4. The molecule has 1 aliphatic heterocycles. The Kier molecular flexibility index (Phi) is 5.21. The van der Waals surface area contributed by atoms with E-state index in [4.69, 9.17) is 4.74 Å². The third kappa shape index (κ3) is 3.65. The highest BCUT2D eigenvalue weighted by molar-refractivity contribution is 7.89. The zero-order valence-electron chi connectivity index (χ0n) is 12.8. The van der Waals surface area contributed by atoms with Gasteiger partial charge in [-0.2, -0.15) is 4.31 Å². The van der Waals surface area contributed by atoms with Crippen LogP contribution in [0.5, 0.6) is 0 Å². The van der Waals surface area contributed by atoms with E-state index >= 15 is 0 Å². The van der Waals surface area contributed by atoms with E-state index in [9.17, 15) is 17.9 Å². The number of sulfonamides is 1. The van der Waals surface area contributed by atoms with Crippen LogP contribution in [0.15, 0.2) is 24.3 Å². The predicted molar refractivity (Wildman–Crippen MR) is 81.5 cm³/mol. The van der Waals surface area contributed by atoms with E-state index < -0.39 is 20.9 Å². The molecule has 1 saturated heterocycles. The monoisotopic (exact) mass is 331 g/mol. The lowest BCUT2D eigenvalue weighted by Gasteiger charge is -2.41. The highest BCUT2D eigenvalue weighted by atomic mass is 32.2. The molecule has 1 aromatic carbocycles. The standard InChI is InChI=1S/C15H22FNO4S/c1-12(2)22(19,20)17-7-8-21-15(10-17,11-18)9-13-3-5-14(16)6-4-13/h3-6,12,18H,7-11H2,1-2H3. The average molecular weight is 331 g/mol. The molecule has 124 valence electrons. The number of hydrogen-bond acceptors (Lipinski definition) is 4. The number of halogens is 1. The van der Waals surface area contributed by atoms with Crippen molar-refractivity contribution in [1.29, 1.82) is 0 Å². The molecule has 7 heteroatoms. The first-order valence-corrected chi connectivity index (χ1v) is 8.78. The molecule has 0 saturated carbocycles. The number of ether oxygens (including phenoxy) is 1. The fraction of sp³-hybridized carbons (Fsp3) is 0.600. The molecule has 0 amide bonds. The van der Waals surface area contributed by atoms with Gasteiger partial charge in [-0.1, -0.05) is 12.1 Å². The Labute approximate surface area is 130 Å². The zero-order valence-corrected chi connectivity index (χ0v) is 13.6. The maximum Gasteiger partial charge on any atom is 0.216 e. The van der Waals surface area contributed by atoms with Crippen molar-refractivity contribution in [2.75, 3.05) is 26.3 Å². The molecule has 1 heterocycles. The van der Waals surface area contributed by atoms with Gasteiger partial charge in [0.25, 0.3) is 0 Å². The summed E-state index contributed by atoms with van der Waals surface area (Å²) in [7, 11) is -3.40. The molecule has 0 aromatic heterocycles. The summed E-state index contributed by atoms with van der Waals surface area (Å²) in [6, 6.07) is 5.91. The Bertz CT molecular complexity index is 602. The number of rotatable bonds is 5. The Morgan fingerprint density at radius 3 is 2.55 bits per heavy atom. The molecule has 1 aliphatic rings. The van der Waals surface area contributed by atoms with Crippen molar-refractivity contribution in [2.45, 2.75) is 31.1 Å². The molecule has 1 N–H and O–H groups in total. The van der Waals surface area contributed by atoms with Gasteiger partial charge in [0.05, 0.1) is 18.5 Å². The number of hydrogen-bond donors (Lipinski definition) is 1. The molecule has 5 nitrogen and oxygen atoms in total. The normalized spacial score (nSPS) is 23.9. The van der Waals surface area contributed by atoms with Crippen molar-refractivity contribution >= 4 is 10.0 Å². The molecule has 2 rings (SSSR count). The second-order valence-corrected chi connectivity index (χ2v) is 8.41. The molecular formula is C15H22FNO4S. The first-order valence-electron chi connectivity index (χ1n) is 7.27. The molecule has 0 aliphatic carbocycles. The van der Waals surface area contributed by atoms with E-state index in [-0.39, 0.29) is 32.1 Å². The smallest absolute Gasteiger partial charge is 0.216 e. The van der Waals surface area contributed by atoms with Gasteiger partial charge in [-0.05, 0) is 31.5 Å². The van der Waals surface area contributed by atoms with Gasteiger partial charge in [0, 0.05) is 19.5 Å². The Balaban J connectivity index is 2.20. The molecule has 22 heavy (non-hydrogen) atoms. The number of nitrogens with zero attached hydrogens (tertiary/aromatic N) is 1. The summed E-state index contributed by atoms with van der Waals surface area (Å²) in [5.74, 6) is -0.338. The minimum absolute atomic E-state index is 0.0986. The van der Waals surface area contributed by atoms with Crippen LogP contribution in [-0.4, -0.2) is 55.0 Å². The number of aliphatic hydroxyl groups excluding tert-OH is 1. The van der Waals surface area contributed by atoms with Crippen molar-refractivity contribution in [2.24, 2.45) is 0 Å². The summed E-state index contributed by atoms with van der Waals surface area (Å²) in [4.78, 5) is 0. The van der Waals surface area contributed by atoms with Crippen molar-refractivity contribution in [1.82, 2.24) is 4.31 Å². The predicted octanol–water partition coefficient (Wildman–Crippen LogP) is 1.17. The van der Waals surface area contributed by atoms with Crippen LogP contribution in [-0.2, 0) is 21.2 Å². The van der Waals surface area contributed by atoms with E-state index in [0.29, 0.717) is 6.42 Å². The fourth-order valence-electron chi connectivity index (χ4n) is 2.56. The van der Waals surface area contributed by atoms with Gasteiger partial charge in [0.1, 0.15) is 11.4 Å². The van der Waals surface area contributed by atoms with Gasteiger partial charge in [0.2, 0.25) is 10.0 Å². The van der Waals surface area contributed by atoms with Crippen LogP contribution in [0.1, 0.15) is 19.4 Å². The first-order chi connectivity index (χ1) is 10.3. The maximum atomic E-state index is 13.0. The minimum Gasteiger partial charge on any atom is -0.393 e. The van der Waals surface area contributed by atoms with Crippen LogP contribution >= 0.6 is 0 Å². The summed E-state index contributed by atoms with van der Waals surface area (Å²) in [5.41, 5.74) is -0.197. The molecular weight excluding hydrogens is 309 g/mol. The molecule has 1 unspecified atom stereocenters. The van der Waals surface area contributed by atoms with Crippen LogP contribution in [0.4, 0.5) is 4.39 Å². The van der Waals surface area contributed by atoms with Crippen LogP contribution in [0.25, 0.3) is 0 Å². The topological polar surface area (TPSA) is 66.8 Å². The third-order valence-electron chi connectivity index (χ3n) is 3.90. The lowest BCUT2D eigenvalue weighted by Crippen LogP contribution is -2.57. The second kappa shape index (κ2) is 6.62. The molecule has 0 radical (unpaired) electrons. The second-order valence-electron chi connectivity index (χ2n) is 5.92. The van der Waals surface area contributed by atoms with Crippen molar-refractivity contribution in [3.05, 3.63) is 35.6 Å². The van der Waals surface area contributed by atoms with Crippen molar-refractivity contribution < 1.29 is 22.7 Å². The van der Waals surface area contributed by atoms with E-state index in [0.717, 1.165) is 5.56 Å². The highest BCUT2D eigenvalue weighted by Crippen LogP contribution is 2.26. The summed E-state index contributed by atoms with van der Waals surface area (Å²) in [6.07, 6.45) is 0.327. The Morgan fingerprint density at radius 2 is 2.00 bits per heavy atom. The average Bonchev–Trinajstić information content (AvgIpc) is 2.50. The quantitative estimate of drug-likeness (QED) is 0.879. The number of morpholine rings is 1. The van der Waals surface area contributed by atoms with Gasteiger partial charge in [-0.3, -0.25) is 0 Å². The Morgan fingerprint density at radius 1 is 1.36 bits per heavy atom. The van der Waals surface area contributed by atoms with Gasteiger partial charge >= 0.3 is 0 Å². The number of aliphatic hydroxyl groups is 1. The minimum atomic E-state index is -3.40. The maximum absolute atomic E-state index is 13.0. The number of benzene rings is 1. The SMILES string of the molecule is CC(C)S(=O)(=O)N1CCOC(CO)(Cc2ccc(F)cc2)C1. The molecule has 1 aromatic rings. The summed E-state index contributed by atoms with van der Waals surface area (Å²) in [5, 5.41) is 9.24. The van der Waals surface area contributed by atoms with E-state index in [2.05, 4.69) is 0 Å². The molecule has 0 bridgehead atoms. The van der Waals surface area contributed by atoms with Crippen LogP contribution < -0.4 is 0 Å². The largest absolute Gasteiger partial charge is 0.393 e. The van der Waals surface area contributed by atoms with Crippen molar-refractivity contribution in [3.63, 3.8) is 0 Å². The van der Waals surface area contributed by atoms with Gasteiger partial charge in [0.15, 0.2) is 0 Å². The Hall–Kier alpha value is -1.02. The van der Waals surface area contributed by atoms with E-state index in [1.54, 1.807) is 26.0 Å². The lowest BCUT2D eigenvalue weighted by atomic mass is 9.94. The van der Waals surface area contributed by atoms with Crippen LogP contribution in [0.3, 0.4) is 0 Å². The van der Waals surface area contributed by atoms with Crippen LogP contribution in [0, 0.1) is 5.82 Å². The summed E-state index contributed by atoms with van der Waals surface area (Å²) < 4.78 is 44.7. The van der Waals surface area contributed by atoms with Gasteiger partial charge < -0.3 is 9.84 Å². The fourth-order valence-corrected chi connectivity index (χ4v) is 3.90. The highest BCUT2D eigenvalue weighted by Gasteiger charge is 2.41. The van der Waals surface area contributed by atoms with E-state index in [1.807, 2.05) is 0 Å². The van der Waals surface area contributed by atoms with E-state index in [1.165, 1.54) is 16.4 Å². The molecule has 1 fully saturated rings. The van der Waals surface area contributed by atoms with Crippen LogP contribution in [0.2, 0.25) is 0 Å². The third-order valence-corrected chi connectivity index (χ3v) is 6.12. The lowest BCUT2D eigenvalue weighted by molar-refractivity contribution is -0.115.